The van der Waals surface area contributed by atoms with Gasteiger partial charge in [0.2, 0.25) is 0 Å². The van der Waals surface area contributed by atoms with Crippen LogP contribution in [-0.2, 0) is 14.6 Å². The van der Waals surface area contributed by atoms with Gasteiger partial charge in [-0.25, -0.2) is 8.42 Å². The number of sulfone groups is 1. The average molecular weight is 430 g/mol. The van der Waals surface area contributed by atoms with Crippen LogP contribution in [0.3, 0.4) is 0 Å². The molecule has 1 aliphatic heterocycles. The fourth-order valence-corrected chi connectivity index (χ4v) is 4.19. The molecule has 146 valence electrons. The van der Waals surface area contributed by atoms with Gasteiger partial charge >= 0.3 is 0 Å². The molecule has 2 aromatic carbocycles. The van der Waals surface area contributed by atoms with Gasteiger partial charge in [-0.1, -0.05) is 41.4 Å². The fraction of sp³-hybridized carbons (Fsp3) is 0.368. The number of benzene rings is 2. The Morgan fingerprint density at radius 2 is 1.96 bits per heavy atom. The molecule has 1 aliphatic rings. The summed E-state index contributed by atoms with van der Waals surface area (Å²) in [5, 5.41) is 4.28. The lowest BCUT2D eigenvalue weighted by Crippen LogP contribution is -2.29. The van der Waals surface area contributed by atoms with Crippen LogP contribution in [0.2, 0.25) is 10.0 Å². The fourth-order valence-electron chi connectivity index (χ4n) is 3.07. The van der Waals surface area contributed by atoms with Crippen LogP contribution in [0.1, 0.15) is 11.7 Å². The Morgan fingerprint density at radius 1 is 1.19 bits per heavy atom. The third kappa shape index (κ3) is 5.15. The molecule has 2 atom stereocenters. The number of para-hydroxylation sites is 1. The minimum atomic E-state index is -3.37. The van der Waals surface area contributed by atoms with E-state index in [1.807, 2.05) is 6.07 Å². The Balaban J connectivity index is 1.82. The number of ether oxygens (including phenoxy) is 2. The van der Waals surface area contributed by atoms with Crippen LogP contribution in [0.25, 0.3) is 0 Å². The van der Waals surface area contributed by atoms with Crippen molar-refractivity contribution in [1.29, 1.82) is 0 Å². The highest BCUT2D eigenvalue weighted by atomic mass is 35.5. The zero-order valence-corrected chi connectivity index (χ0v) is 17.2. The predicted molar refractivity (Wildman–Crippen MR) is 107 cm³/mol. The van der Waals surface area contributed by atoms with Crippen LogP contribution >= 0.6 is 23.2 Å². The second-order valence-electron chi connectivity index (χ2n) is 6.46. The molecule has 8 heteroatoms. The third-order valence-electron chi connectivity index (χ3n) is 4.38. The first-order chi connectivity index (χ1) is 12.9. The number of hydrogen-bond acceptors (Lipinski definition) is 5. The largest absolute Gasteiger partial charge is 0.492 e. The van der Waals surface area contributed by atoms with Crippen molar-refractivity contribution >= 4 is 33.0 Å². The maximum Gasteiger partial charge on any atom is 0.179 e. The predicted octanol–water partition coefficient (Wildman–Crippen LogP) is 3.75. The van der Waals surface area contributed by atoms with E-state index >= 15 is 0 Å². The molecule has 0 bridgehead atoms. The second-order valence-corrected chi connectivity index (χ2v) is 9.26. The van der Waals surface area contributed by atoms with Gasteiger partial charge in [-0.2, -0.15) is 0 Å². The van der Waals surface area contributed by atoms with Gasteiger partial charge in [-0.15, -0.1) is 0 Å². The summed E-state index contributed by atoms with van der Waals surface area (Å²) in [6.45, 7) is 2.26. The molecule has 1 fully saturated rings. The van der Waals surface area contributed by atoms with Gasteiger partial charge in [0, 0.05) is 25.3 Å². The van der Waals surface area contributed by atoms with E-state index in [1.54, 1.807) is 36.4 Å². The van der Waals surface area contributed by atoms with Crippen LogP contribution in [0.5, 0.6) is 5.75 Å². The van der Waals surface area contributed by atoms with E-state index in [9.17, 15) is 8.42 Å². The van der Waals surface area contributed by atoms with E-state index in [0.717, 1.165) is 12.1 Å². The van der Waals surface area contributed by atoms with E-state index < -0.39 is 9.84 Å². The second kappa shape index (κ2) is 8.80. The first-order valence-corrected chi connectivity index (χ1v) is 11.2. The smallest absolute Gasteiger partial charge is 0.179 e. The molecule has 2 aromatic rings. The minimum Gasteiger partial charge on any atom is -0.492 e. The number of nitrogens with one attached hydrogen (secondary N) is 1. The molecule has 5 nitrogen and oxygen atoms in total. The number of halogens is 2. The van der Waals surface area contributed by atoms with Crippen molar-refractivity contribution in [2.24, 2.45) is 5.92 Å². The van der Waals surface area contributed by atoms with Gasteiger partial charge in [0.1, 0.15) is 10.6 Å². The lowest BCUT2D eigenvalue weighted by molar-refractivity contribution is 0.0150. The molecule has 1 saturated heterocycles. The normalized spacial score (nSPS) is 20.9. The van der Waals surface area contributed by atoms with Gasteiger partial charge < -0.3 is 14.8 Å². The molecule has 3 rings (SSSR count). The third-order valence-corrected chi connectivity index (χ3v) is 6.26. The van der Waals surface area contributed by atoms with E-state index in [2.05, 4.69) is 5.32 Å². The highest BCUT2D eigenvalue weighted by molar-refractivity contribution is 7.90. The Bertz CT molecular complexity index is 904. The molecule has 0 saturated carbocycles. The molecular weight excluding hydrogens is 409 g/mol. The van der Waals surface area contributed by atoms with Crippen molar-refractivity contribution in [3.05, 3.63) is 58.1 Å². The van der Waals surface area contributed by atoms with Crippen molar-refractivity contribution in [2.75, 3.05) is 32.6 Å². The van der Waals surface area contributed by atoms with Crippen LogP contribution in [0, 0.1) is 5.92 Å². The summed E-state index contributed by atoms with van der Waals surface area (Å²) in [6, 6.07) is 12.1. The molecule has 0 unspecified atom stereocenters. The Kier molecular flexibility index (Phi) is 6.65. The van der Waals surface area contributed by atoms with Crippen molar-refractivity contribution in [3.8, 4) is 5.75 Å². The first kappa shape index (κ1) is 20.4. The highest BCUT2D eigenvalue weighted by Crippen LogP contribution is 2.33. The zero-order chi connectivity index (χ0) is 19.4. The van der Waals surface area contributed by atoms with Gasteiger partial charge in [-0.05, 0) is 29.8 Å². The van der Waals surface area contributed by atoms with Crippen LogP contribution in [-0.4, -0.2) is 41.0 Å². The first-order valence-electron chi connectivity index (χ1n) is 8.55. The Morgan fingerprint density at radius 3 is 2.70 bits per heavy atom. The van der Waals surface area contributed by atoms with Crippen LogP contribution < -0.4 is 10.1 Å². The van der Waals surface area contributed by atoms with E-state index in [0.29, 0.717) is 35.6 Å². The van der Waals surface area contributed by atoms with Gasteiger partial charge in [0.15, 0.2) is 9.84 Å². The van der Waals surface area contributed by atoms with E-state index in [-0.39, 0.29) is 16.9 Å². The van der Waals surface area contributed by atoms with Gasteiger partial charge in [0.25, 0.3) is 0 Å². The van der Waals surface area contributed by atoms with Crippen molar-refractivity contribution in [2.45, 2.75) is 11.0 Å². The van der Waals surface area contributed by atoms with Crippen LogP contribution in [0.15, 0.2) is 47.4 Å². The van der Waals surface area contributed by atoms with Gasteiger partial charge in [-0.3, -0.25) is 0 Å². The molecular formula is C19H21Cl2NO4S. The van der Waals surface area contributed by atoms with Crippen molar-refractivity contribution in [3.63, 3.8) is 0 Å². The van der Waals surface area contributed by atoms with E-state index in [4.69, 9.17) is 32.7 Å². The molecule has 0 aliphatic carbocycles. The molecule has 0 aromatic heterocycles. The quantitative estimate of drug-likeness (QED) is 0.783. The SMILES string of the molecule is CS(=O)(=O)c1ccccc1OC[C@@H]1CNCCO[C@H]1c1ccc(Cl)c(Cl)c1. The van der Waals surface area contributed by atoms with E-state index in [1.165, 1.54) is 6.26 Å². The zero-order valence-electron chi connectivity index (χ0n) is 14.8. The number of rotatable bonds is 5. The molecule has 1 heterocycles. The van der Waals surface area contributed by atoms with Crippen molar-refractivity contribution < 1.29 is 17.9 Å². The molecule has 27 heavy (non-hydrogen) atoms. The lowest BCUT2D eigenvalue weighted by atomic mass is 9.96. The maximum absolute atomic E-state index is 12.0. The average Bonchev–Trinajstić information content (AvgIpc) is 2.87. The van der Waals surface area contributed by atoms with Gasteiger partial charge in [0.05, 0.1) is 29.4 Å². The Labute approximate surface area is 169 Å². The lowest BCUT2D eigenvalue weighted by Gasteiger charge is -2.26. The summed E-state index contributed by atoms with van der Waals surface area (Å²) in [6.07, 6.45) is 0.935. The minimum absolute atomic E-state index is 0.0302. The summed E-state index contributed by atoms with van der Waals surface area (Å²) >= 11 is 12.2. The highest BCUT2D eigenvalue weighted by Gasteiger charge is 2.28. The number of hydrogen-bond donors (Lipinski definition) is 1. The molecule has 0 radical (unpaired) electrons. The maximum atomic E-state index is 12.0. The molecule has 1 N–H and O–H groups in total. The summed E-state index contributed by atoms with van der Waals surface area (Å²) < 4.78 is 35.9. The monoisotopic (exact) mass is 429 g/mol. The summed E-state index contributed by atoms with van der Waals surface area (Å²) in [4.78, 5) is 0.179. The summed E-state index contributed by atoms with van der Waals surface area (Å²) in [5.74, 6) is 0.314. The Hall–Kier alpha value is -1.31. The standard InChI is InChI=1S/C19H21Cl2NO4S/c1-27(23,24)18-5-3-2-4-17(18)26-12-14-11-22-8-9-25-19(14)13-6-7-15(20)16(21)10-13/h2-7,10,14,19,22H,8-9,11-12H2,1H3/t14-,19-/m0/s1. The summed E-state index contributed by atoms with van der Waals surface area (Å²) in [5.41, 5.74) is 0.915. The molecule has 0 spiro atoms. The molecule has 0 amide bonds. The van der Waals surface area contributed by atoms with Crippen LogP contribution in [0.4, 0.5) is 0 Å². The van der Waals surface area contributed by atoms with Crippen molar-refractivity contribution in [1.82, 2.24) is 5.32 Å². The topological polar surface area (TPSA) is 64.6 Å². The summed E-state index contributed by atoms with van der Waals surface area (Å²) in [7, 11) is -3.37.